The highest BCUT2D eigenvalue weighted by molar-refractivity contribution is 6.43. The van der Waals surface area contributed by atoms with Crippen LogP contribution in [0.1, 0.15) is 31.4 Å². The molecule has 5 nitrogen and oxygen atoms in total. The highest BCUT2D eigenvalue weighted by atomic mass is 16.4. The molecule has 3 atom stereocenters. The standard InChI is InChI=1S/C14H21BN2O3/c1-10(11-5-3-2-4-6-11)16-9-13(18)12-7-8-14(17-12)15(19)20/h2-6,10,12,14,16-17,19-20H,7-9H2,1H3/t10-,12?,14+/m1/s1. The van der Waals surface area contributed by atoms with Crippen molar-refractivity contribution in [3.05, 3.63) is 35.9 Å². The van der Waals surface area contributed by atoms with E-state index in [0.717, 1.165) is 5.56 Å². The lowest BCUT2D eigenvalue weighted by Crippen LogP contribution is -2.46. The number of nitrogens with one attached hydrogen (secondary N) is 2. The number of carbonyl (C=O) groups excluding carboxylic acids is 1. The van der Waals surface area contributed by atoms with Crippen LogP contribution < -0.4 is 10.6 Å². The van der Waals surface area contributed by atoms with Crippen LogP contribution in [-0.4, -0.2) is 41.5 Å². The quantitative estimate of drug-likeness (QED) is 0.552. The minimum atomic E-state index is -1.40. The zero-order valence-corrected chi connectivity index (χ0v) is 11.6. The summed E-state index contributed by atoms with van der Waals surface area (Å²) in [6.45, 7) is 2.30. The topological polar surface area (TPSA) is 81.6 Å². The Bertz CT molecular complexity index is 441. The largest absolute Gasteiger partial charge is 0.469 e. The van der Waals surface area contributed by atoms with Gasteiger partial charge in [0, 0.05) is 12.0 Å². The Morgan fingerprint density at radius 3 is 2.70 bits per heavy atom. The predicted molar refractivity (Wildman–Crippen MR) is 78.0 cm³/mol. The first-order valence-electron chi connectivity index (χ1n) is 7.01. The molecule has 20 heavy (non-hydrogen) atoms. The highest BCUT2D eigenvalue weighted by Gasteiger charge is 2.34. The lowest BCUT2D eigenvalue weighted by molar-refractivity contribution is -0.120. The summed E-state index contributed by atoms with van der Waals surface area (Å²) in [6.07, 6.45) is 1.27. The molecule has 0 saturated carbocycles. The third-order valence-electron chi connectivity index (χ3n) is 3.81. The average molecular weight is 276 g/mol. The maximum absolute atomic E-state index is 12.1. The van der Waals surface area contributed by atoms with Gasteiger partial charge < -0.3 is 20.7 Å². The number of ketones is 1. The molecule has 0 radical (unpaired) electrons. The molecular weight excluding hydrogens is 255 g/mol. The molecule has 0 bridgehead atoms. The first-order chi connectivity index (χ1) is 9.58. The van der Waals surface area contributed by atoms with Crippen LogP contribution in [0.4, 0.5) is 0 Å². The van der Waals surface area contributed by atoms with Crippen LogP contribution in [0, 0.1) is 0 Å². The fraction of sp³-hybridized carbons (Fsp3) is 0.500. The van der Waals surface area contributed by atoms with E-state index in [2.05, 4.69) is 10.6 Å². The second-order valence-electron chi connectivity index (χ2n) is 5.30. The van der Waals surface area contributed by atoms with Crippen molar-refractivity contribution in [3.63, 3.8) is 0 Å². The molecule has 0 spiro atoms. The van der Waals surface area contributed by atoms with Crippen molar-refractivity contribution < 1.29 is 14.8 Å². The van der Waals surface area contributed by atoms with Crippen LogP contribution in [0.25, 0.3) is 0 Å². The molecule has 2 rings (SSSR count). The Morgan fingerprint density at radius 1 is 1.40 bits per heavy atom. The van der Waals surface area contributed by atoms with Crippen LogP contribution in [0.2, 0.25) is 0 Å². The molecule has 1 aliphatic heterocycles. The molecule has 1 heterocycles. The Morgan fingerprint density at radius 2 is 2.10 bits per heavy atom. The van der Waals surface area contributed by atoms with Gasteiger partial charge in [-0.3, -0.25) is 4.79 Å². The molecule has 1 fully saturated rings. The Kier molecular flexibility index (Phi) is 5.31. The molecule has 0 amide bonds. The van der Waals surface area contributed by atoms with Crippen molar-refractivity contribution in [1.82, 2.24) is 10.6 Å². The van der Waals surface area contributed by atoms with Gasteiger partial charge in [-0.1, -0.05) is 30.3 Å². The van der Waals surface area contributed by atoms with E-state index in [9.17, 15) is 4.79 Å². The summed E-state index contributed by atoms with van der Waals surface area (Å²) in [5, 5.41) is 24.3. The van der Waals surface area contributed by atoms with E-state index in [0.29, 0.717) is 12.8 Å². The van der Waals surface area contributed by atoms with Crippen LogP contribution in [0.5, 0.6) is 0 Å². The van der Waals surface area contributed by atoms with Gasteiger partial charge in [0.15, 0.2) is 5.78 Å². The summed E-state index contributed by atoms with van der Waals surface area (Å²) < 4.78 is 0. The Labute approximate surface area is 119 Å². The molecule has 0 aliphatic carbocycles. The van der Waals surface area contributed by atoms with Crippen molar-refractivity contribution in [2.45, 2.75) is 37.8 Å². The van der Waals surface area contributed by atoms with Crippen LogP contribution in [0.15, 0.2) is 30.3 Å². The Balaban J connectivity index is 1.78. The minimum absolute atomic E-state index is 0.0657. The predicted octanol–water partition coefficient (Wildman–Crippen LogP) is 0.0389. The summed E-state index contributed by atoms with van der Waals surface area (Å²) in [4.78, 5) is 12.1. The second-order valence-corrected chi connectivity index (χ2v) is 5.30. The number of hydrogen-bond donors (Lipinski definition) is 4. The maximum atomic E-state index is 12.1. The number of benzene rings is 1. The highest BCUT2D eigenvalue weighted by Crippen LogP contribution is 2.15. The summed E-state index contributed by atoms with van der Waals surface area (Å²) in [7, 11) is -1.40. The third-order valence-corrected chi connectivity index (χ3v) is 3.81. The van der Waals surface area contributed by atoms with Gasteiger partial charge in [0.1, 0.15) is 0 Å². The van der Waals surface area contributed by atoms with Gasteiger partial charge in [-0.25, -0.2) is 0 Å². The van der Waals surface area contributed by atoms with Crippen LogP contribution in [-0.2, 0) is 4.79 Å². The summed E-state index contributed by atoms with van der Waals surface area (Å²) in [5.41, 5.74) is 1.14. The molecule has 1 unspecified atom stereocenters. The lowest BCUT2D eigenvalue weighted by Gasteiger charge is -2.16. The van der Waals surface area contributed by atoms with E-state index in [-0.39, 0.29) is 24.4 Å². The Hall–Kier alpha value is -1.21. The summed E-state index contributed by atoms with van der Waals surface area (Å²) >= 11 is 0. The summed E-state index contributed by atoms with van der Waals surface area (Å²) in [6, 6.07) is 9.78. The monoisotopic (exact) mass is 276 g/mol. The van der Waals surface area contributed by atoms with Crippen LogP contribution in [0.3, 0.4) is 0 Å². The van der Waals surface area contributed by atoms with E-state index in [4.69, 9.17) is 10.0 Å². The average Bonchev–Trinajstić information content (AvgIpc) is 2.95. The zero-order chi connectivity index (χ0) is 14.5. The molecule has 6 heteroatoms. The lowest BCUT2D eigenvalue weighted by atomic mass is 9.79. The van der Waals surface area contributed by atoms with Crippen molar-refractivity contribution in [3.8, 4) is 0 Å². The first-order valence-corrected chi connectivity index (χ1v) is 7.01. The van der Waals surface area contributed by atoms with E-state index in [1.807, 2.05) is 37.3 Å². The molecule has 1 saturated heterocycles. The van der Waals surface area contributed by atoms with Gasteiger partial charge >= 0.3 is 7.12 Å². The third kappa shape index (κ3) is 3.90. The van der Waals surface area contributed by atoms with Gasteiger partial charge in [-0.15, -0.1) is 0 Å². The zero-order valence-electron chi connectivity index (χ0n) is 11.6. The molecule has 1 aliphatic rings. The summed E-state index contributed by atoms with van der Waals surface area (Å²) in [5.74, 6) is -0.327. The van der Waals surface area contributed by atoms with Gasteiger partial charge in [0.05, 0.1) is 12.6 Å². The number of Topliss-reactive ketones (excluding diaryl/α,β-unsaturated/α-hetero) is 1. The first kappa shape index (κ1) is 15.2. The SMILES string of the molecule is C[C@@H](NCC(=O)C1CC[C@@H](B(O)O)N1)c1ccccc1. The fourth-order valence-electron chi connectivity index (χ4n) is 2.50. The van der Waals surface area contributed by atoms with Gasteiger partial charge in [-0.05, 0) is 25.3 Å². The molecule has 4 N–H and O–H groups in total. The number of rotatable bonds is 6. The molecule has 0 aromatic heterocycles. The van der Waals surface area contributed by atoms with Gasteiger partial charge in [-0.2, -0.15) is 0 Å². The molecule has 1 aromatic carbocycles. The van der Waals surface area contributed by atoms with Crippen molar-refractivity contribution >= 4 is 12.9 Å². The van der Waals surface area contributed by atoms with Gasteiger partial charge in [0.25, 0.3) is 0 Å². The second kappa shape index (κ2) is 6.99. The van der Waals surface area contributed by atoms with Crippen LogP contribution >= 0.6 is 0 Å². The van der Waals surface area contributed by atoms with E-state index in [1.165, 1.54) is 0 Å². The smallest absolute Gasteiger partial charge is 0.426 e. The molecule has 1 aromatic rings. The minimum Gasteiger partial charge on any atom is -0.426 e. The normalized spacial score (nSPS) is 23.6. The van der Waals surface area contributed by atoms with Gasteiger partial charge in [0.2, 0.25) is 0 Å². The van der Waals surface area contributed by atoms with E-state index in [1.54, 1.807) is 0 Å². The maximum Gasteiger partial charge on any atom is 0.469 e. The number of carbonyl (C=O) groups is 1. The number of hydrogen-bond acceptors (Lipinski definition) is 5. The van der Waals surface area contributed by atoms with Crippen molar-refractivity contribution in [1.29, 1.82) is 0 Å². The molecular formula is C14H21BN2O3. The fourth-order valence-corrected chi connectivity index (χ4v) is 2.50. The van der Waals surface area contributed by atoms with Crippen molar-refractivity contribution in [2.24, 2.45) is 0 Å². The van der Waals surface area contributed by atoms with E-state index < -0.39 is 13.1 Å². The molecule has 108 valence electrons. The van der Waals surface area contributed by atoms with Crippen molar-refractivity contribution in [2.75, 3.05) is 6.54 Å². The van der Waals surface area contributed by atoms with E-state index >= 15 is 0 Å².